The van der Waals surface area contributed by atoms with E-state index in [0.717, 1.165) is 0 Å². The van der Waals surface area contributed by atoms with Gasteiger partial charge in [0, 0.05) is 20.8 Å². The standard InChI is InChI=1S/C7H6O2.C6H10O4/c8-7(9)6-4-2-1-3-5-6;1-4(7)9-6(3)10-5(2)8/h1-5H,(H,8,9);6H,1-3H3. The molecule has 19 heavy (non-hydrogen) atoms. The van der Waals surface area contributed by atoms with E-state index in [9.17, 15) is 14.4 Å². The highest BCUT2D eigenvalue weighted by Gasteiger charge is 2.06. The lowest BCUT2D eigenvalue weighted by Gasteiger charge is -2.10. The summed E-state index contributed by atoms with van der Waals surface area (Å²) >= 11 is 0. The highest BCUT2D eigenvalue weighted by atomic mass is 16.7. The number of carboxylic acid groups (broad SMARTS) is 1. The Labute approximate surface area is 110 Å². The summed E-state index contributed by atoms with van der Waals surface area (Å²) in [5.74, 6) is -1.81. The van der Waals surface area contributed by atoms with Crippen molar-refractivity contribution < 1.29 is 29.0 Å². The molecular weight excluding hydrogens is 252 g/mol. The van der Waals surface area contributed by atoms with Crippen molar-refractivity contribution in [1.82, 2.24) is 0 Å². The van der Waals surface area contributed by atoms with Crippen LogP contribution in [0.1, 0.15) is 31.1 Å². The van der Waals surface area contributed by atoms with Crippen molar-refractivity contribution in [3.63, 3.8) is 0 Å². The zero-order chi connectivity index (χ0) is 14.8. The second-order valence-electron chi connectivity index (χ2n) is 3.46. The average molecular weight is 268 g/mol. The number of rotatable bonds is 3. The van der Waals surface area contributed by atoms with E-state index in [2.05, 4.69) is 9.47 Å². The Morgan fingerprint density at radius 1 is 1.00 bits per heavy atom. The molecular formula is C13H16O6. The molecule has 1 rings (SSSR count). The molecule has 1 aromatic rings. The Morgan fingerprint density at radius 2 is 1.42 bits per heavy atom. The van der Waals surface area contributed by atoms with Gasteiger partial charge in [0.1, 0.15) is 0 Å². The van der Waals surface area contributed by atoms with Crippen LogP contribution in [-0.2, 0) is 19.1 Å². The quantitative estimate of drug-likeness (QED) is 0.664. The van der Waals surface area contributed by atoms with Crippen LogP contribution in [0.4, 0.5) is 0 Å². The van der Waals surface area contributed by atoms with Gasteiger partial charge >= 0.3 is 17.9 Å². The molecule has 6 heteroatoms. The highest BCUT2D eigenvalue weighted by molar-refractivity contribution is 5.87. The van der Waals surface area contributed by atoms with Crippen LogP contribution in [0.3, 0.4) is 0 Å². The molecule has 1 aromatic carbocycles. The van der Waals surface area contributed by atoms with Crippen molar-refractivity contribution in [1.29, 1.82) is 0 Å². The normalized spacial score (nSPS) is 9.05. The van der Waals surface area contributed by atoms with E-state index in [1.807, 2.05) is 0 Å². The van der Waals surface area contributed by atoms with Crippen LogP contribution in [0.5, 0.6) is 0 Å². The number of carbonyl (C=O) groups excluding carboxylic acids is 2. The monoisotopic (exact) mass is 268 g/mol. The van der Waals surface area contributed by atoms with Gasteiger partial charge in [0.05, 0.1) is 5.56 Å². The fourth-order valence-electron chi connectivity index (χ4n) is 1.07. The molecule has 0 atom stereocenters. The van der Waals surface area contributed by atoms with Gasteiger partial charge in [-0.25, -0.2) is 4.79 Å². The van der Waals surface area contributed by atoms with E-state index in [4.69, 9.17) is 5.11 Å². The summed E-state index contributed by atoms with van der Waals surface area (Å²) in [5, 5.41) is 8.38. The number of ether oxygens (including phenoxy) is 2. The van der Waals surface area contributed by atoms with Gasteiger partial charge < -0.3 is 14.6 Å². The van der Waals surface area contributed by atoms with E-state index >= 15 is 0 Å². The van der Waals surface area contributed by atoms with Crippen molar-refractivity contribution in [2.45, 2.75) is 27.1 Å². The fraction of sp³-hybridized carbons (Fsp3) is 0.308. The van der Waals surface area contributed by atoms with Crippen molar-refractivity contribution in [2.75, 3.05) is 0 Å². The summed E-state index contributed by atoms with van der Waals surface area (Å²) in [6, 6.07) is 8.30. The maximum absolute atomic E-state index is 10.2. The number of carboxylic acids is 1. The SMILES string of the molecule is CC(=O)OC(C)OC(C)=O.O=C(O)c1ccccc1. The molecule has 0 spiro atoms. The Hall–Kier alpha value is -2.37. The molecule has 0 heterocycles. The van der Waals surface area contributed by atoms with Crippen molar-refractivity contribution in [3.05, 3.63) is 35.9 Å². The van der Waals surface area contributed by atoms with Gasteiger partial charge in [0.2, 0.25) is 6.29 Å². The maximum Gasteiger partial charge on any atom is 0.335 e. The minimum Gasteiger partial charge on any atom is -0.478 e. The lowest BCUT2D eigenvalue weighted by molar-refractivity contribution is -0.181. The first kappa shape index (κ1) is 16.6. The average Bonchev–Trinajstić information content (AvgIpc) is 2.28. The molecule has 0 amide bonds. The van der Waals surface area contributed by atoms with Crippen LogP contribution in [0.25, 0.3) is 0 Å². The van der Waals surface area contributed by atoms with Gasteiger partial charge in [-0.05, 0) is 12.1 Å². The second kappa shape index (κ2) is 8.68. The van der Waals surface area contributed by atoms with Crippen LogP contribution >= 0.6 is 0 Å². The first-order chi connectivity index (χ1) is 8.82. The first-order valence-corrected chi connectivity index (χ1v) is 5.45. The Balaban J connectivity index is 0.000000342. The third-order valence-corrected chi connectivity index (χ3v) is 1.68. The van der Waals surface area contributed by atoms with Crippen LogP contribution in [0, 0.1) is 0 Å². The number of hydrogen-bond donors (Lipinski definition) is 1. The molecule has 0 saturated carbocycles. The third kappa shape index (κ3) is 9.34. The number of carbonyl (C=O) groups is 3. The highest BCUT2D eigenvalue weighted by Crippen LogP contribution is 1.96. The molecule has 0 aliphatic carbocycles. The molecule has 6 nitrogen and oxygen atoms in total. The molecule has 0 aliphatic heterocycles. The zero-order valence-electron chi connectivity index (χ0n) is 11.0. The predicted octanol–water partition coefficient (Wildman–Crippen LogP) is 1.84. The van der Waals surface area contributed by atoms with E-state index in [1.165, 1.54) is 20.8 Å². The minimum absolute atomic E-state index is 0.331. The Bertz CT molecular complexity index is 410. The molecule has 0 unspecified atom stereocenters. The zero-order valence-corrected chi connectivity index (χ0v) is 11.0. The first-order valence-electron chi connectivity index (χ1n) is 5.45. The summed E-state index contributed by atoms with van der Waals surface area (Å²) < 4.78 is 8.96. The van der Waals surface area contributed by atoms with Gasteiger partial charge in [-0.2, -0.15) is 0 Å². The molecule has 0 aromatic heterocycles. The van der Waals surface area contributed by atoms with Crippen molar-refractivity contribution in [3.8, 4) is 0 Å². The smallest absolute Gasteiger partial charge is 0.335 e. The number of benzene rings is 1. The van der Waals surface area contributed by atoms with Gasteiger partial charge in [-0.15, -0.1) is 0 Å². The number of hydrogen-bond acceptors (Lipinski definition) is 5. The van der Waals surface area contributed by atoms with Gasteiger partial charge in [-0.3, -0.25) is 9.59 Å². The third-order valence-electron chi connectivity index (χ3n) is 1.68. The van der Waals surface area contributed by atoms with E-state index < -0.39 is 24.2 Å². The topological polar surface area (TPSA) is 89.9 Å². The lowest BCUT2D eigenvalue weighted by Crippen LogP contribution is -2.18. The molecule has 0 radical (unpaired) electrons. The summed E-state index contributed by atoms with van der Waals surface area (Å²) in [6.45, 7) is 3.97. The van der Waals surface area contributed by atoms with Gasteiger partial charge in [-0.1, -0.05) is 18.2 Å². The van der Waals surface area contributed by atoms with Crippen LogP contribution < -0.4 is 0 Å². The van der Waals surface area contributed by atoms with Crippen LogP contribution in [-0.4, -0.2) is 29.3 Å². The summed E-state index contributed by atoms with van der Waals surface area (Å²) in [4.78, 5) is 30.6. The number of esters is 2. The van der Waals surface area contributed by atoms with E-state index in [-0.39, 0.29) is 0 Å². The molecule has 1 N–H and O–H groups in total. The maximum atomic E-state index is 10.2. The van der Waals surface area contributed by atoms with Gasteiger partial charge in [0.15, 0.2) is 0 Å². The summed E-state index contributed by atoms with van der Waals surface area (Å²) in [6.07, 6.45) is -0.782. The molecule has 0 bridgehead atoms. The predicted molar refractivity (Wildman–Crippen MR) is 66.4 cm³/mol. The van der Waals surface area contributed by atoms with Crippen LogP contribution in [0.2, 0.25) is 0 Å². The largest absolute Gasteiger partial charge is 0.478 e. The van der Waals surface area contributed by atoms with E-state index in [0.29, 0.717) is 5.56 Å². The Morgan fingerprint density at radius 3 is 1.68 bits per heavy atom. The molecule has 0 saturated heterocycles. The van der Waals surface area contributed by atoms with Crippen molar-refractivity contribution >= 4 is 17.9 Å². The minimum atomic E-state index is -0.879. The van der Waals surface area contributed by atoms with E-state index in [1.54, 1.807) is 30.3 Å². The molecule has 0 fully saturated rings. The Kier molecular flexibility index (Phi) is 7.60. The van der Waals surface area contributed by atoms with Gasteiger partial charge in [0.25, 0.3) is 0 Å². The summed E-state index contributed by atoms with van der Waals surface area (Å²) in [7, 11) is 0. The lowest BCUT2D eigenvalue weighted by atomic mass is 10.2. The second-order valence-corrected chi connectivity index (χ2v) is 3.46. The fourth-order valence-corrected chi connectivity index (χ4v) is 1.07. The molecule has 104 valence electrons. The number of aromatic carboxylic acids is 1. The van der Waals surface area contributed by atoms with Crippen molar-refractivity contribution in [2.24, 2.45) is 0 Å². The molecule has 0 aliphatic rings. The van der Waals surface area contributed by atoms with Crippen LogP contribution in [0.15, 0.2) is 30.3 Å². The summed E-state index contributed by atoms with van der Waals surface area (Å²) in [5.41, 5.74) is 0.331.